The van der Waals surface area contributed by atoms with Crippen LogP contribution in [0.2, 0.25) is 0 Å². The summed E-state index contributed by atoms with van der Waals surface area (Å²) >= 11 is 0. The van der Waals surface area contributed by atoms with Crippen molar-refractivity contribution < 1.29 is 16.8 Å². The molecule has 146 valence electrons. The number of rotatable bonds is 6. The number of sulfonamides is 1. The summed E-state index contributed by atoms with van der Waals surface area (Å²) in [5, 5.41) is 0. The van der Waals surface area contributed by atoms with Gasteiger partial charge in [-0.05, 0) is 62.9 Å². The molecular formula is C18H28N2O4S2. The van der Waals surface area contributed by atoms with Gasteiger partial charge in [0.25, 0.3) is 0 Å². The molecule has 3 rings (SSSR count). The predicted molar refractivity (Wildman–Crippen MR) is 101 cm³/mol. The molecule has 1 heterocycles. The lowest BCUT2D eigenvalue weighted by Crippen LogP contribution is -2.45. The van der Waals surface area contributed by atoms with Crippen molar-refractivity contribution in [3.8, 4) is 0 Å². The third-order valence-electron chi connectivity index (χ3n) is 5.44. The molecule has 0 atom stereocenters. The number of hydrogen-bond donors (Lipinski definition) is 1. The fourth-order valence-corrected chi connectivity index (χ4v) is 6.04. The van der Waals surface area contributed by atoms with Crippen LogP contribution in [0.1, 0.15) is 38.5 Å². The molecule has 8 heteroatoms. The molecule has 0 spiro atoms. The highest BCUT2D eigenvalue weighted by Crippen LogP contribution is 2.26. The second-order valence-corrected chi connectivity index (χ2v) is 11.3. The number of benzene rings is 1. The van der Waals surface area contributed by atoms with Gasteiger partial charge in [-0.2, -0.15) is 0 Å². The fraction of sp³-hybridized carbons (Fsp3) is 0.667. The molecule has 6 nitrogen and oxygen atoms in total. The zero-order valence-electron chi connectivity index (χ0n) is 15.2. The number of likely N-dealkylation sites (tertiary alicyclic amines) is 1. The van der Waals surface area contributed by atoms with Crippen LogP contribution in [0.25, 0.3) is 0 Å². The number of nitrogens with zero attached hydrogens (tertiary/aromatic N) is 1. The first-order valence-corrected chi connectivity index (χ1v) is 12.7. The molecule has 1 aliphatic heterocycles. The molecule has 0 amide bonds. The van der Waals surface area contributed by atoms with E-state index in [0.717, 1.165) is 44.6 Å². The molecular weight excluding hydrogens is 372 g/mol. The zero-order valence-corrected chi connectivity index (χ0v) is 16.9. The van der Waals surface area contributed by atoms with Crippen LogP contribution in [0.15, 0.2) is 34.1 Å². The molecule has 1 saturated carbocycles. The maximum absolute atomic E-state index is 12.6. The van der Waals surface area contributed by atoms with E-state index < -0.39 is 19.9 Å². The summed E-state index contributed by atoms with van der Waals surface area (Å²) in [4.78, 5) is 2.48. The molecule has 0 unspecified atom stereocenters. The van der Waals surface area contributed by atoms with Crippen LogP contribution in [0.4, 0.5) is 0 Å². The Labute approximate surface area is 156 Å². The van der Waals surface area contributed by atoms with Gasteiger partial charge in [0.05, 0.1) is 9.79 Å². The minimum atomic E-state index is -3.72. The van der Waals surface area contributed by atoms with Crippen LogP contribution >= 0.6 is 0 Å². The van der Waals surface area contributed by atoms with Crippen molar-refractivity contribution in [3.05, 3.63) is 24.3 Å². The average Bonchev–Trinajstić information content (AvgIpc) is 3.09. The van der Waals surface area contributed by atoms with Gasteiger partial charge in [-0.25, -0.2) is 21.6 Å². The summed E-state index contributed by atoms with van der Waals surface area (Å²) in [6.07, 6.45) is 7.98. The van der Waals surface area contributed by atoms with Crippen LogP contribution < -0.4 is 4.72 Å². The monoisotopic (exact) mass is 400 g/mol. The van der Waals surface area contributed by atoms with E-state index in [0.29, 0.717) is 0 Å². The fourth-order valence-electron chi connectivity index (χ4n) is 3.95. The molecule has 26 heavy (non-hydrogen) atoms. The van der Waals surface area contributed by atoms with Crippen LogP contribution in [-0.2, 0) is 19.9 Å². The van der Waals surface area contributed by atoms with E-state index >= 15 is 0 Å². The summed E-state index contributed by atoms with van der Waals surface area (Å²) < 4.78 is 51.3. The Morgan fingerprint density at radius 1 is 1.00 bits per heavy atom. The van der Waals surface area contributed by atoms with Crippen molar-refractivity contribution in [2.45, 2.75) is 54.4 Å². The lowest BCUT2D eigenvalue weighted by Gasteiger charge is -2.33. The van der Waals surface area contributed by atoms with E-state index in [1.165, 1.54) is 49.9 Å². The topological polar surface area (TPSA) is 83.5 Å². The van der Waals surface area contributed by atoms with Gasteiger partial charge >= 0.3 is 0 Å². The van der Waals surface area contributed by atoms with Crippen molar-refractivity contribution >= 4 is 19.9 Å². The minimum absolute atomic E-state index is 0.00816. The minimum Gasteiger partial charge on any atom is -0.303 e. The largest absolute Gasteiger partial charge is 0.303 e. The maximum Gasteiger partial charge on any atom is 0.240 e. The van der Waals surface area contributed by atoms with Crippen molar-refractivity contribution in [1.82, 2.24) is 9.62 Å². The van der Waals surface area contributed by atoms with Crippen molar-refractivity contribution in [1.29, 1.82) is 0 Å². The second-order valence-electron chi connectivity index (χ2n) is 7.59. The van der Waals surface area contributed by atoms with E-state index in [1.54, 1.807) is 0 Å². The second kappa shape index (κ2) is 7.96. The Hall–Kier alpha value is -0.960. The van der Waals surface area contributed by atoms with Crippen molar-refractivity contribution in [3.63, 3.8) is 0 Å². The Morgan fingerprint density at radius 2 is 1.62 bits per heavy atom. The lowest BCUT2D eigenvalue weighted by atomic mass is 10.0. The smallest absolute Gasteiger partial charge is 0.240 e. The highest BCUT2D eigenvalue weighted by Gasteiger charge is 2.27. The first-order valence-electron chi connectivity index (χ1n) is 9.29. The number of sulfone groups is 1. The average molecular weight is 401 g/mol. The molecule has 1 aromatic rings. The predicted octanol–water partition coefficient (Wildman–Crippen LogP) is 2.02. The summed E-state index contributed by atoms with van der Waals surface area (Å²) in [5.41, 5.74) is 0. The van der Waals surface area contributed by atoms with Crippen molar-refractivity contribution in [2.24, 2.45) is 5.92 Å². The quantitative estimate of drug-likeness (QED) is 0.790. The Kier molecular flexibility index (Phi) is 6.06. The van der Waals surface area contributed by atoms with Gasteiger partial charge in [-0.1, -0.05) is 18.9 Å². The van der Waals surface area contributed by atoms with E-state index in [1.807, 2.05) is 0 Å². The Morgan fingerprint density at radius 3 is 2.23 bits per heavy atom. The first kappa shape index (κ1) is 19.8. The highest BCUT2D eigenvalue weighted by atomic mass is 32.2. The molecule has 1 aliphatic carbocycles. The standard InChI is InChI=1S/C18H28N2O4S2/c1-25(21,22)17-7-4-8-18(13-17)26(23,24)19-16-9-11-20(12-10-16)14-15-5-2-3-6-15/h4,7-8,13,15-16,19H,2-3,5-6,9-12,14H2,1H3. The van der Waals surface area contributed by atoms with Crippen molar-refractivity contribution in [2.75, 3.05) is 25.9 Å². The zero-order chi connectivity index (χ0) is 18.8. The van der Waals surface area contributed by atoms with Gasteiger partial charge in [-0.15, -0.1) is 0 Å². The SMILES string of the molecule is CS(=O)(=O)c1cccc(S(=O)(=O)NC2CCN(CC3CCCC3)CC2)c1. The van der Waals surface area contributed by atoms with Gasteiger partial charge in [0.15, 0.2) is 9.84 Å². The highest BCUT2D eigenvalue weighted by molar-refractivity contribution is 7.91. The van der Waals surface area contributed by atoms with Gasteiger partial charge in [0, 0.05) is 18.8 Å². The molecule has 0 bridgehead atoms. The third kappa shape index (κ3) is 5.06. The molecule has 2 aliphatic rings. The van der Waals surface area contributed by atoms with Gasteiger partial charge < -0.3 is 4.90 Å². The molecule has 2 fully saturated rings. The van der Waals surface area contributed by atoms with E-state index in [2.05, 4.69) is 9.62 Å². The van der Waals surface area contributed by atoms with E-state index in [-0.39, 0.29) is 15.8 Å². The summed E-state index contributed by atoms with van der Waals surface area (Å²) in [6, 6.07) is 5.45. The molecule has 1 aromatic carbocycles. The summed E-state index contributed by atoms with van der Waals surface area (Å²) in [5.74, 6) is 0.807. The lowest BCUT2D eigenvalue weighted by molar-refractivity contribution is 0.180. The third-order valence-corrected chi connectivity index (χ3v) is 8.07. The van der Waals surface area contributed by atoms with Crippen LogP contribution in [0, 0.1) is 5.92 Å². The molecule has 0 radical (unpaired) electrons. The maximum atomic E-state index is 12.6. The molecule has 1 saturated heterocycles. The van der Waals surface area contributed by atoms with Crippen LogP contribution in [0.5, 0.6) is 0 Å². The number of nitrogens with one attached hydrogen (secondary N) is 1. The van der Waals surface area contributed by atoms with E-state index in [9.17, 15) is 16.8 Å². The Balaban J connectivity index is 1.58. The Bertz CT molecular complexity index is 823. The first-order chi connectivity index (χ1) is 12.2. The molecule has 1 N–H and O–H groups in total. The van der Waals surface area contributed by atoms with E-state index in [4.69, 9.17) is 0 Å². The number of piperidine rings is 1. The molecule has 0 aromatic heterocycles. The van der Waals surface area contributed by atoms with Gasteiger partial charge in [-0.3, -0.25) is 0 Å². The summed E-state index contributed by atoms with van der Waals surface area (Å²) in [7, 11) is -7.15. The van der Waals surface area contributed by atoms with Crippen LogP contribution in [0.3, 0.4) is 0 Å². The number of hydrogen-bond acceptors (Lipinski definition) is 5. The normalized spacial score (nSPS) is 21.3. The van der Waals surface area contributed by atoms with Crippen LogP contribution in [-0.4, -0.2) is 53.7 Å². The van der Waals surface area contributed by atoms with Gasteiger partial charge in [0.2, 0.25) is 10.0 Å². The summed E-state index contributed by atoms with van der Waals surface area (Å²) in [6.45, 7) is 2.95. The van der Waals surface area contributed by atoms with Gasteiger partial charge in [0.1, 0.15) is 0 Å².